The Hall–Kier alpha value is -2.10. The molecule has 1 aromatic rings. The molecule has 150 valence electrons. The van der Waals surface area contributed by atoms with Gasteiger partial charge >= 0.3 is 5.97 Å². The van der Waals surface area contributed by atoms with Gasteiger partial charge in [0.05, 0.1) is 6.42 Å². The van der Waals surface area contributed by atoms with Gasteiger partial charge in [-0.15, -0.1) is 0 Å². The summed E-state index contributed by atoms with van der Waals surface area (Å²) in [6.45, 7) is 2.38. The van der Waals surface area contributed by atoms with Gasteiger partial charge in [-0.3, -0.25) is 4.79 Å². The van der Waals surface area contributed by atoms with Crippen molar-refractivity contribution in [3.05, 3.63) is 48.0 Å². The molecule has 0 N–H and O–H groups in total. The highest BCUT2D eigenvalue weighted by Crippen LogP contribution is 2.13. The maximum atomic E-state index is 11.9. The Morgan fingerprint density at radius 2 is 1.67 bits per heavy atom. The van der Waals surface area contributed by atoms with Gasteiger partial charge < -0.3 is 14.6 Å². The third-order valence-electron chi connectivity index (χ3n) is 4.55. The van der Waals surface area contributed by atoms with Crippen LogP contribution in [0.15, 0.2) is 42.5 Å². The van der Waals surface area contributed by atoms with Crippen LogP contribution < -0.4 is 5.11 Å². The van der Waals surface area contributed by atoms with Crippen LogP contribution in [-0.4, -0.2) is 11.9 Å². The molecule has 0 fully saturated rings. The van der Waals surface area contributed by atoms with Crippen LogP contribution in [0.2, 0.25) is 0 Å². The molecule has 27 heavy (non-hydrogen) atoms. The Morgan fingerprint density at radius 3 is 2.33 bits per heavy atom. The SMILES string of the molecule is CCCCCCCCCC=CCC(CC(=O)OCc1ccccc1)C(=O)[O-]. The van der Waals surface area contributed by atoms with E-state index in [9.17, 15) is 14.7 Å². The van der Waals surface area contributed by atoms with Crippen molar-refractivity contribution in [2.24, 2.45) is 5.92 Å². The first-order chi connectivity index (χ1) is 13.1. The predicted octanol–water partition coefficient (Wildman–Crippen LogP) is 4.57. The summed E-state index contributed by atoms with van der Waals surface area (Å²) in [5.74, 6) is -2.54. The Balaban J connectivity index is 2.19. The number of carbonyl (C=O) groups excluding carboxylic acids is 2. The molecule has 1 rings (SSSR count). The lowest BCUT2D eigenvalue weighted by Gasteiger charge is -2.15. The highest BCUT2D eigenvalue weighted by Gasteiger charge is 2.15. The number of aliphatic carboxylic acids is 1. The first kappa shape index (κ1) is 22.9. The predicted molar refractivity (Wildman–Crippen MR) is 106 cm³/mol. The normalized spacial score (nSPS) is 12.2. The standard InChI is InChI=1S/C23H34O4/c1-2-3-4-5-6-7-8-9-10-14-17-21(23(25)26)18-22(24)27-19-20-15-12-11-13-16-20/h10-16,21H,2-9,17-19H2,1H3,(H,25,26)/p-1. The van der Waals surface area contributed by atoms with Crippen molar-refractivity contribution in [1.82, 2.24) is 0 Å². The third-order valence-corrected chi connectivity index (χ3v) is 4.55. The molecule has 0 heterocycles. The summed E-state index contributed by atoms with van der Waals surface area (Å²) in [4.78, 5) is 23.1. The first-order valence-electron chi connectivity index (χ1n) is 10.2. The van der Waals surface area contributed by atoms with E-state index in [1.807, 2.05) is 42.5 Å². The quantitative estimate of drug-likeness (QED) is 0.256. The van der Waals surface area contributed by atoms with Crippen molar-refractivity contribution in [1.29, 1.82) is 0 Å². The maximum absolute atomic E-state index is 11.9. The van der Waals surface area contributed by atoms with Crippen molar-refractivity contribution < 1.29 is 19.4 Å². The molecule has 0 aliphatic rings. The highest BCUT2D eigenvalue weighted by atomic mass is 16.5. The molecule has 1 aromatic carbocycles. The Morgan fingerprint density at radius 1 is 1.00 bits per heavy atom. The van der Waals surface area contributed by atoms with E-state index in [0.29, 0.717) is 6.42 Å². The van der Waals surface area contributed by atoms with Crippen molar-refractivity contribution >= 4 is 11.9 Å². The van der Waals surface area contributed by atoms with Gasteiger partial charge in [-0.25, -0.2) is 0 Å². The van der Waals surface area contributed by atoms with Crippen LogP contribution in [0.1, 0.15) is 76.7 Å². The molecule has 1 unspecified atom stereocenters. The number of carboxylic acid groups (broad SMARTS) is 1. The lowest BCUT2D eigenvalue weighted by molar-refractivity contribution is -0.311. The minimum atomic E-state index is -1.20. The number of hydrogen-bond donors (Lipinski definition) is 0. The number of esters is 1. The van der Waals surface area contributed by atoms with Crippen molar-refractivity contribution in [2.75, 3.05) is 0 Å². The van der Waals surface area contributed by atoms with Gasteiger partial charge in [-0.05, 0) is 24.8 Å². The number of carboxylic acids is 1. The summed E-state index contributed by atoms with van der Waals surface area (Å²) >= 11 is 0. The molecule has 0 aliphatic heterocycles. The fourth-order valence-corrected chi connectivity index (χ4v) is 2.86. The molecule has 0 bridgehead atoms. The maximum Gasteiger partial charge on any atom is 0.306 e. The molecule has 0 radical (unpaired) electrons. The second kappa shape index (κ2) is 15.0. The van der Waals surface area contributed by atoms with Gasteiger partial charge in [-0.2, -0.15) is 0 Å². The van der Waals surface area contributed by atoms with Gasteiger partial charge in [-0.1, -0.05) is 87.9 Å². The summed E-state index contributed by atoms with van der Waals surface area (Å²) in [7, 11) is 0. The van der Waals surface area contributed by atoms with E-state index >= 15 is 0 Å². The van der Waals surface area contributed by atoms with Crippen molar-refractivity contribution in [3.63, 3.8) is 0 Å². The van der Waals surface area contributed by atoms with Gasteiger partial charge in [0.2, 0.25) is 0 Å². The molecule has 0 aliphatic carbocycles. The zero-order valence-electron chi connectivity index (χ0n) is 16.5. The molecular formula is C23H33O4-. The van der Waals surface area contributed by atoms with Gasteiger partial charge in [0, 0.05) is 11.9 Å². The van der Waals surface area contributed by atoms with Crippen LogP contribution in [0.25, 0.3) is 0 Å². The third kappa shape index (κ3) is 12.0. The number of allylic oxidation sites excluding steroid dienone is 2. The van der Waals surface area contributed by atoms with E-state index in [4.69, 9.17) is 4.74 Å². The lowest BCUT2D eigenvalue weighted by atomic mass is 10.0. The number of hydrogen-bond acceptors (Lipinski definition) is 4. The van der Waals surface area contributed by atoms with E-state index in [1.165, 1.54) is 38.5 Å². The minimum Gasteiger partial charge on any atom is -0.550 e. The highest BCUT2D eigenvalue weighted by molar-refractivity contribution is 5.77. The molecule has 4 nitrogen and oxygen atoms in total. The fraction of sp³-hybridized carbons (Fsp3) is 0.565. The first-order valence-corrected chi connectivity index (χ1v) is 10.2. The van der Waals surface area contributed by atoms with E-state index in [2.05, 4.69) is 6.92 Å². The average molecular weight is 374 g/mol. The molecule has 0 saturated carbocycles. The molecule has 0 saturated heterocycles. The minimum absolute atomic E-state index is 0.156. The van der Waals surface area contributed by atoms with Crippen LogP contribution in [0, 0.1) is 5.92 Å². The summed E-state index contributed by atoms with van der Waals surface area (Å²) in [5.41, 5.74) is 0.880. The molecule has 4 heteroatoms. The molecule has 0 spiro atoms. The van der Waals surface area contributed by atoms with Crippen LogP contribution in [0.3, 0.4) is 0 Å². The summed E-state index contributed by atoms with van der Waals surface area (Å²) in [6.07, 6.45) is 13.8. The number of ether oxygens (including phenoxy) is 1. The second-order valence-electron chi connectivity index (χ2n) is 6.98. The Kier molecular flexibility index (Phi) is 12.7. The van der Waals surface area contributed by atoms with Gasteiger partial charge in [0.1, 0.15) is 6.61 Å². The summed E-state index contributed by atoms with van der Waals surface area (Å²) < 4.78 is 5.15. The van der Waals surface area contributed by atoms with E-state index in [-0.39, 0.29) is 13.0 Å². The van der Waals surface area contributed by atoms with E-state index in [1.54, 1.807) is 0 Å². The zero-order valence-corrected chi connectivity index (χ0v) is 16.5. The van der Waals surface area contributed by atoms with Gasteiger partial charge in [0.25, 0.3) is 0 Å². The largest absolute Gasteiger partial charge is 0.550 e. The van der Waals surface area contributed by atoms with Crippen LogP contribution in [-0.2, 0) is 20.9 Å². The molecule has 0 amide bonds. The van der Waals surface area contributed by atoms with E-state index in [0.717, 1.165) is 18.4 Å². The van der Waals surface area contributed by atoms with Crippen LogP contribution in [0.5, 0.6) is 0 Å². The number of benzene rings is 1. The average Bonchev–Trinajstić information content (AvgIpc) is 2.67. The van der Waals surface area contributed by atoms with Crippen LogP contribution in [0.4, 0.5) is 0 Å². The monoisotopic (exact) mass is 373 g/mol. The smallest absolute Gasteiger partial charge is 0.306 e. The molecule has 0 aromatic heterocycles. The molecule has 1 atom stereocenters. The number of carbonyl (C=O) groups is 2. The molecular weight excluding hydrogens is 340 g/mol. The number of rotatable bonds is 15. The second-order valence-corrected chi connectivity index (χ2v) is 6.98. The van der Waals surface area contributed by atoms with Crippen LogP contribution >= 0.6 is 0 Å². The van der Waals surface area contributed by atoms with Crippen molar-refractivity contribution in [2.45, 2.75) is 77.7 Å². The Bertz CT molecular complexity index is 551. The fourth-order valence-electron chi connectivity index (χ4n) is 2.86. The topological polar surface area (TPSA) is 66.4 Å². The van der Waals surface area contributed by atoms with Gasteiger partial charge in [0.15, 0.2) is 0 Å². The Labute approximate surface area is 163 Å². The van der Waals surface area contributed by atoms with Crippen molar-refractivity contribution in [3.8, 4) is 0 Å². The van der Waals surface area contributed by atoms with E-state index < -0.39 is 17.9 Å². The zero-order chi connectivity index (χ0) is 19.7. The summed E-state index contributed by atoms with van der Waals surface area (Å²) in [5, 5.41) is 11.2. The number of unbranched alkanes of at least 4 members (excludes halogenated alkanes) is 7. The summed E-state index contributed by atoms with van der Waals surface area (Å²) in [6, 6.07) is 9.33. The lowest BCUT2D eigenvalue weighted by Crippen LogP contribution is -2.32.